The average molecular weight is 262 g/mol. The van der Waals surface area contributed by atoms with Crippen molar-refractivity contribution in [1.82, 2.24) is 19.7 Å². The molecule has 0 spiro atoms. The van der Waals surface area contributed by atoms with E-state index in [1.807, 2.05) is 30.3 Å². The van der Waals surface area contributed by atoms with Crippen LogP contribution >= 0.6 is 0 Å². The van der Waals surface area contributed by atoms with E-state index in [1.54, 1.807) is 12.3 Å². The highest BCUT2D eigenvalue weighted by Gasteiger charge is 2.18. The van der Waals surface area contributed by atoms with Gasteiger partial charge in [0.1, 0.15) is 29.5 Å². The topological polar surface area (TPSA) is 93.4 Å². The van der Waals surface area contributed by atoms with Gasteiger partial charge >= 0.3 is 0 Å². The zero-order valence-electron chi connectivity index (χ0n) is 10.4. The molecular formula is C14H10N6. The molecule has 3 aromatic rings. The van der Waals surface area contributed by atoms with Crippen molar-refractivity contribution < 1.29 is 0 Å². The van der Waals surface area contributed by atoms with Crippen molar-refractivity contribution in [3.05, 3.63) is 54.5 Å². The van der Waals surface area contributed by atoms with Crippen LogP contribution in [0.5, 0.6) is 0 Å². The molecule has 0 aliphatic heterocycles. The molecule has 2 aromatic heterocycles. The van der Waals surface area contributed by atoms with Gasteiger partial charge in [0.15, 0.2) is 5.82 Å². The summed E-state index contributed by atoms with van der Waals surface area (Å²) in [6.45, 7) is 0. The van der Waals surface area contributed by atoms with Gasteiger partial charge < -0.3 is 5.73 Å². The second kappa shape index (κ2) is 4.82. The lowest BCUT2D eigenvalue weighted by Crippen LogP contribution is -2.04. The van der Waals surface area contributed by atoms with E-state index in [0.717, 1.165) is 5.56 Å². The first kappa shape index (κ1) is 11.9. The van der Waals surface area contributed by atoms with Crippen molar-refractivity contribution in [2.24, 2.45) is 0 Å². The van der Waals surface area contributed by atoms with E-state index in [1.165, 1.54) is 11.0 Å². The van der Waals surface area contributed by atoms with Gasteiger partial charge in [-0.05, 0) is 0 Å². The van der Waals surface area contributed by atoms with E-state index >= 15 is 0 Å². The first-order chi connectivity index (χ1) is 9.81. The predicted molar refractivity (Wildman–Crippen MR) is 73.7 cm³/mol. The number of nitrogens with two attached hydrogens (primary N) is 1. The molecule has 6 nitrogen and oxygen atoms in total. The molecule has 20 heavy (non-hydrogen) atoms. The van der Waals surface area contributed by atoms with Crippen LogP contribution in [-0.4, -0.2) is 19.7 Å². The van der Waals surface area contributed by atoms with Crippen LogP contribution in [0.2, 0.25) is 0 Å². The Morgan fingerprint density at radius 2 is 1.95 bits per heavy atom. The Balaban J connectivity index is 2.22. The molecule has 2 N–H and O–H groups in total. The van der Waals surface area contributed by atoms with E-state index in [0.29, 0.717) is 17.1 Å². The predicted octanol–water partition coefficient (Wildman–Crippen LogP) is 1.78. The maximum absolute atomic E-state index is 9.30. The number of anilines is 1. The lowest BCUT2D eigenvalue weighted by atomic mass is 10.1. The Bertz CT molecular complexity index is 771. The van der Waals surface area contributed by atoms with E-state index in [9.17, 15) is 5.26 Å². The second-order valence-electron chi connectivity index (χ2n) is 4.07. The highest BCUT2D eigenvalue weighted by Crippen LogP contribution is 2.27. The van der Waals surface area contributed by atoms with Crippen molar-refractivity contribution in [1.29, 1.82) is 5.26 Å². The molecule has 0 radical (unpaired) electrons. The van der Waals surface area contributed by atoms with Gasteiger partial charge in [-0.2, -0.15) is 15.0 Å². The summed E-state index contributed by atoms with van der Waals surface area (Å²) in [5, 5.41) is 13.7. The highest BCUT2D eigenvalue weighted by molar-refractivity contribution is 5.73. The molecule has 1 aromatic carbocycles. The van der Waals surface area contributed by atoms with Crippen LogP contribution in [0.4, 0.5) is 5.82 Å². The van der Waals surface area contributed by atoms with Gasteiger partial charge in [-0.25, -0.2) is 9.97 Å². The summed E-state index contributed by atoms with van der Waals surface area (Å²) < 4.78 is 1.45. The van der Waals surface area contributed by atoms with Gasteiger partial charge in [0.2, 0.25) is 0 Å². The molecule has 0 saturated carbocycles. The van der Waals surface area contributed by atoms with Gasteiger partial charge in [0.25, 0.3) is 0 Å². The molecular weight excluding hydrogens is 252 g/mol. The summed E-state index contributed by atoms with van der Waals surface area (Å²) in [5.41, 5.74) is 7.73. The largest absolute Gasteiger partial charge is 0.382 e. The number of nitriles is 1. The molecule has 96 valence electrons. The van der Waals surface area contributed by atoms with E-state index in [4.69, 9.17) is 5.73 Å². The summed E-state index contributed by atoms with van der Waals surface area (Å²) in [7, 11) is 0. The number of aromatic nitrogens is 4. The zero-order chi connectivity index (χ0) is 13.9. The monoisotopic (exact) mass is 262 g/mol. The summed E-state index contributed by atoms with van der Waals surface area (Å²) in [6, 6.07) is 13.2. The van der Waals surface area contributed by atoms with Crippen LogP contribution in [0.15, 0.2) is 48.9 Å². The number of benzene rings is 1. The minimum Gasteiger partial charge on any atom is -0.382 e. The van der Waals surface area contributed by atoms with Crippen LogP contribution < -0.4 is 5.73 Å². The van der Waals surface area contributed by atoms with Crippen LogP contribution in [0, 0.1) is 11.3 Å². The van der Waals surface area contributed by atoms with Crippen LogP contribution in [0.3, 0.4) is 0 Å². The minimum atomic E-state index is 0.269. The standard InChI is InChI=1S/C14H10N6/c15-8-11-13(10-4-2-1-3-5-10)19-20(14(11)16)12-6-7-17-9-18-12/h1-7,9H,16H2. The normalized spacial score (nSPS) is 10.2. The van der Waals surface area contributed by atoms with Gasteiger partial charge in [0, 0.05) is 17.8 Å². The first-order valence-corrected chi connectivity index (χ1v) is 5.91. The first-order valence-electron chi connectivity index (χ1n) is 5.91. The second-order valence-corrected chi connectivity index (χ2v) is 4.07. The van der Waals surface area contributed by atoms with Gasteiger partial charge in [-0.3, -0.25) is 0 Å². The number of rotatable bonds is 2. The lowest BCUT2D eigenvalue weighted by Gasteiger charge is -2.00. The Morgan fingerprint density at radius 1 is 1.15 bits per heavy atom. The van der Waals surface area contributed by atoms with Crippen molar-refractivity contribution in [3.63, 3.8) is 0 Å². The number of hydrogen-bond acceptors (Lipinski definition) is 5. The fourth-order valence-electron chi connectivity index (χ4n) is 1.92. The Hall–Kier alpha value is -3.20. The average Bonchev–Trinajstić information content (AvgIpc) is 2.86. The number of nitrogens with zero attached hydrogens (tertiary/aromatic N) is 5. The van der Waals surface area contributed by atoms with Crippen LogP contribution in [-0.2, 0) is 0 Å². The third-order valence-electron chi connectivity index (χ3n) is 2.86. The summed E-state index contributed by atoms with van der Waals surface area (Å²) in [5.74, 6) is 0.793. The van der Waals surface area contributed by atoms with E-state index < -0.39 is 0 Å². The number of hydrogen-bond donors (Lipinski definition) is 1. The third kappa shape index (κ3) is 1.87. The quantitative estimate of drug-likeness (QED) is 0.759. The maximum atomic E-state index is 9.30. The van der Waals surface area contributed by atoms with Crippen molar-refractivity contribution in [2.45, 2.75) is 0 Å². The van der Waals surface area contributed by atoms with Crippen molar-refractivity contribution in [3.8, 4) is 23.1 Å². The molecule has 0 amide bonds. The fourth-order valence-corrected chi connectivity index (χ4v) is 1.92. The SMILES string of the molecule is N#Cc1c(-c2ccccc2)nn(-c2ccncn2)c1N. The van der Waals surface area contributed by atoms with Crippen LogP contribution in [0.25, 0.3) is 17.1 Å². The Kier molecular flexibility index (Phi) is 2.86. The molecule has 0 atom stereocenters. The molecule has 0 bridgehead atoms. The minimum absolute atomic E-state index is 0.269. The van der Waals surface area contributed by atoms with Gasteiger partial charge in [-0.15, -0.1) is 0 Å². The molecule has 0 fully saturated rings. The zero-order valence-corrected chi connectivity index (χ0v) is 10.4. The third-order valence-corrected chi connectivity index (χ3v) is 2.86. The molecule has 0 unspecified atom stereocenters. The Morgan fingerprint density at radius 3 is 2.60 bits per heavy atom. The van der Waals surface area contributed by atoms with Gasteiger partial charge in [0.05, 0.1) is 0 Å². The smallest absolute Gasteiger partial charge is 0.159 e. The summed E-state index contributed by atoms with van der Waals surface area (Å²) in [4.78, 5) is 7.94. The maximum Gasteiger partial charge on any atom is 0.159 e. The van der Waals surface area contributed by atoms with Crippen molar-refractivity contribution in [2.75, 3.05) is 5.73 Å². The lowest BCUT2D eigenvalue weighted by molar-refractivity contribution is 0.852. The van der Waals surface area contributed by atoms with E-state index in [2.05, 4.69) is 21.1 Å². The molecule has 2 heterocycles. The Labute approximate surface area is 115 Å². The van der Waals surface area contributed by atoms with Gasteiger partial charge in [-0.1, -0.05) is 30.3 Å². The number of nitrogen functional groups attached to an aromatic ring is 1. The molecule has 3 rings (SSSR count). The summed E-state index contributed by atoms with van der Waals surface area (Å²) >= 11 is 0. The fraction of sp³-hybridized carbons (Fsp3) is 0. The molecule has 0 aliphatic rings. The van der Waals surface area contributed by atoms with Crippen LogP contribution in [0.1, 0.15) is 5.56 Å². The highest BCUT2D eigenvalue weighted by atomic mass is 15.3. The molecule has 0 saturated heterocycles. The molecule has 6 heteroatoms. The molecule has 0 aliphatic carbocycles. The van der Waals surface area contributed by atoms with E-state index in [-0.39, 0.29) is 5.82 Å². The summed E-state index contributed by atoms with van der Waals surface area (Å²) in [6.07, 6.45) is 3.00. The van der Waals surface area contributed by atoms with Crippen molar-refractivity contribution >= 4 is 5.82 Å².